The lowest BCUT2D eigenvalue weighted by atomic mass is 9.87. The van der Waals surface area contributed by atoms with Crippen molar-refractivity contribution in [2.24, 2.45) is 0 Å². The molecule has 1 unspecified atom stereocenters. The molecule has 3 rings (SSSR count). The molecule has 0 aliphatic rings. The molecule has 1 atom stereocenters. The summed E-state index contributed by atoms with van der Waals surface area (Å²) < 4.78 is 5.80. The Balaban J connectivity index is 1.60. The quantitative estimate of drug-likeness (QED) is 0.482. The fourth-order valence-electron chi connectivity index (χ4n) is 3.44. The largest absolute Gasteiger partial charge is 0.481 e. The summed E-state index contributed by atoms with van der Waals surface area (Å²) in [7, 11) is 0. The minimum absolute atomic E-state index is 0.0598. The van der Waals surface area contributed by atoms with Crippen LogP contribution in [0.2, 0.25) is 0 Å². The first kappa shape index (κ1) is 24.1. The molecule has 2 amide bonds. The van der Waals surface area contributed by atoms with Crippen molar-refractivity contribution in [3.05, 3.63) is 90.0 Å². The van der Waals surface area contributed by atoms with Gasteiger partial charge < -0.3 is 15.0 Å². The molecule has 1 N–H and O–H groups in total. The number of benzene rings is 3. The summed E-state index contributed by atoms with van der Waals surface area (Å²) in [4.78, 5) is 27.2. The Morgan fingerprint density at radius 2 is 1.52 bits per heavy atom. The average Bonchev–Trinajstić information content (AvgIpc) is 2.80. The zero-order chi connectivity index (χ0) is 24.0. The topological polar surface area (TPSA) is 58.6 Å². The van der Waals surface area contributed by atoms with E-state index in [4.69, 9.17) is 4.74 Å². The molecule has 0 bridgehead atoms. The molecule has 0 fully saturated rings. The van der Waals surface area contributed by atoms with E-state index in [1.807, 2.05) is 61.5 Å². The van der Waals surface area contributed by atoms with E-state index in [-0.39, 0.29) is 17.2 Å². The number of carbonyl (C=O) groups excluding carboxylic acids is 2. The van der Waals surface area contributed by atoms with E-state index in [9.17, 15) is 9.59 Å². The van der Waals surface area contributed by atoms with Crippen LogP contribution in [0.3, 0.4) is 0 Å². The second-order valence-corrected chi connectivity index (χ2v) is 8.99. The minimum Gasteiger partial charge on any atom is -0.481 e. The summed E-state index contributed by atoms with van der Waals surface area (Å²) in [5.41, 5.74) is 3.28. The van der Waals surface area contributed by atoms with Crippen molar-refractivity contribution in [2.75, 3.05) is 16.8 Å². The Labute approximate surface area is 196 Å². The molecule has 0 aliphatic carbocycles. The third kappa shape index (κ3) is 6.22. The molecule has 172 valence electrons. The predicted octanol–water partition coefficient (Wildman–Crippen LogP) is 6.06. The van der Waals surface area contributed by atoms with Crippen molar-refractivity contribution < 1.29 is 14.3 Å². The van der Waals surface area contributed by atoms with Crippen LogP contribution in [-0.4, -0.2) is 24.5 Å². The Kier molecular flexibility index (Phi) is 7.54. The van der Waals surface area contributed by atoms with Crippen LogP contribution < -0.4 is 15.0 Å². The average molecular weight is 445 g/mol. The van der Waals surface area contributed by atoms with Crippen LogP contribution in [0.15, 0.2) is 78.9 Å². The lowest BCUT2D eigenvalue weighted by Gasteiger charge is -2.21. The number of carbonyl (C=O) groups is 2. The highest BCUT2D eigenvalue weighted by Gasteiger charge is 2.18. The Hall–Kier alpha value is -3.60. The molecule has 0 saturated carbocycles. The van der Waals surface area contributed by atoms with Gasteiger partial charge in [-0.1, -0.05) is 51.1 Å². The summed E-state index contributed by atoms with van der Waals surface area (Å²) >= 11 is 0. The summed E-state index contributed by atoms with van der Waals surface area (Å²) in [5.74, 6) is 0.303. The van der Waals surface area contributed by atoms with E-state index in [0.29, 0.717) is 23.5 Å². The van der Waals surface area contributed by atoms with E-state index in [1.165, 1.54) is 5.56 Å². The third-order valence-corrected chi connectivity index (χ3v) is 5.43. The van der Waals surface area contributed by atoms with Crippen molar-refractivity contribution in [3.63, 3.8) is 0 Å². The highest BCUT2D eigenvalue weighted by molar-refractivity contribution is 6.06. The summed E-state index contributed by atoms with van der Waals surface area (Å²) in [5, 5.41) is 2.85. The second kappa shape index (κ2) is 10.3. The van der Waals surface area contributed by atoms with Gasteiger partial charge in [0.05, 0.1) is 0 Å². The van der Waals surface area contributed by atoms with E-state index in [0.717, 1.165) is 5.69 Å². The summed E-state index contributed by atoms with van der Waals surface area (Å²) in [6, 6.07) is 24.3. The first-order valence-electron chi connectivity index (χ1n) is 11.2. The van der Waals surface area contributed by atoms with Gasteiger partial charge in [0.2, 0.25) is 0 Å². The van der Waals surface area contributed by atoms with Gasteiger partial charge in [-0.25, -0.2) is 0 Å². The molecule has 0 aliphatic heterocycles. The first-order chi connectivity index (χ1) is 15.7. The molecule has 0 spiro atoms. The van der Waals surface area contributed by atoms with Gasteiger partial charge in [-0.3, -0.25) is 9.59 Å². The van der Waals surface area contributed by atoms with Gasteiger partial charge >= 0.3 is 0 Å². The molecule has 3 aromatic rings. The number of rotatable bonds is 7. The van der Waals surface area contributed by atoms with Crippen LogP contribution in [0.25, 0.3) is 0 Å². The molecule has 0 saturated heterocycles. The fourth-order valence-corrected chi connectivity index (χ4v) is 3.44. The van der Waals surface area contributed by atoms with E-state index >= 15 is 0 Å². The zero-order valence-corrected chi connectivity index (χ0v) is 20.0. The first-order valence-corrected chi connectivity index (χ1v) is 11.2. The highest BCUT2D eigenvalue weighted by atomic mass is 16.5. The third-order valence-electron chi connectivity index (χ3n) is 5.43. The molecule has 3 aromatic carbocycles. The van der Waals surface area contributed by atoms with Crippen LogP contribution in [0.4, 0.5) is 11.4 Å². The summed E-state index contributed by atoms with van der Waals surface area (Å²) in [6.45, 7) is 10.7. The molecular formula is C28H32N2O3. The van der Waals surface area contributed by atoms with E-state index in [1.54, 1.807) is 36.1 Å². The molecule has 5 nitrogen and oxygen atoms in total. The van der Waals surface area contributed by atoms with Crippen LogP contribution in [0.1, 0.15) is 50.5 Å². The number of nitrogens with zero attached hydrogens (tertiary/aromatic N) is 1. The van der Waals surface area contributed by atoms with Crippen LogP contribution in [0.5, 0.6) is 5.75 Å². The molecule has 0 radical (unpaired) electrons. The van der Waals surface area contributed by atoms with Gasteiger partial charge in [-0.05, 0) is 73.4 Å². The fraction of sp³-hybridized carbons (Fsp3) is 0.286. The zero-order valence-electron chi connectivity index (χ0n) is 20.0. The SMILES string of the molecule is CCN(C(=O)c1ccc(NC(=O)C(C)Oc2ccc(C(C)(C)C)cc2)cc1)c1ccccc1. The maximum atomic E-state index is 12.9. The maximum absolute atomic E-state index is 12.9. The highest BCUT2D eigenvalue weighted by Crippen LogP contribution is 2.25. The normalized spacial score (nSPS) is 12.0. The van der Waals surface area contributed by atoms with Gasteiger partial charge in [0.1, 0.15) is 5.75 Å². The van der Waals surface area contributed by atoms with Crippen molar-refractivity contribution >= 4 is 23.2 Å². The lowest BCUT2D eigenvalue weighted by Crippen LogP contribution is -2.31. The van der Waals surface area contributed by atoms with Gasteiger partial charge in [0, 0.05) is 23.5 Å². The standard InChI is InChI=1S/C28H32N2O3/c1-6-30(24-10-8-7-9-11-24)27(32)21-12-16-23(17-13-21)29-26(31)20(2)33-25-18-14-22(15-19-25)28(3,4)5/h7-20H,6H2,1-5H3,(H,29,31). The number of nitrogens with one attached hydrogen (secondary N) is 1. The van der Waals surface area contributed by atoms with Crippen molar-refractivity contribution in [1.29, 1.82) is 0 Å². The number of hydrogen-bond acceptors (Lipinski definition) is 3. The smallest absolute Gasteiger partial charge is 0.265 e. The number of anilines is 2. The molecule has 0 aromatic heterocycles. The minimum atomic E-state index is -0.666. The van der Waals surface area contributed by atoms with Gasteiger partial charge in [0.15, 0.2) is 6.10 Å². The summed E-state index contributed by atoms with van der Waals surface area (Å²) in [6.07, 6.45) is -0.666. The predicted molar refractivity (Wildman–Crippen MR) is 134 cm³/mol. The van der Waals surface area contributed by atoms with E-state index in [2.05, 4.69) is 26.1 Å². The van der Waals surface area contributed by atoms with Crippen LogP contribution in [0, 0.1) is 0 Å². The lowest BCUT2D eigenvalue weighted by molar-refractivity contribution is -0.122. The van der Waals surface area contributed by atoms with Crippen molar-refractivity contribution in [1.82, 2.24) is 0 Å². The Morgan fingerprint density at radius 1 is 0.909 bits per heavy atom. The molecule has 5 heteroatoms. The Bertz CT molecular complexity index is 1070. The van der Waals surface area contributed by atoms with Crippen molar-refractivity contribution in [2.45, 2.75) is 46.1 Å². The van der Waals surface area contributed by atoms with E-state index < -0.39 is 6.10 Å². The maximum Gasteiger partial charge on any atom is 0.265 e. The van der Waals surface area contributed by atoms with Gasteiger partial charge in [-0.2, -0.15) is 0 Å². The number of ether oxygens (including phenoxy) is 1. The second-order valence-electron chi connectivity index (χ2n) is 8.99. The van der Waals surface area contributed by atoms with Gasteiger partial charge in [0.25, 0.3) is 11.8 Å². The molecular weight excluding hydrogens is 412 g/mol. The number of amides is 2. The monoisotopic (exact) mass is 444 g/mol. The number of hydrogen-bond donors (Lipinski definition) is 1. The molecule has 0 heterocycles. The molecule has 33 heavy (non-hydrogen) atoms. The number of para-hydroxylation sites is 1. The van der Waals surface area contributed by atoms with Crippen LogP contribution in [-0.2, 0) is 10.2 Å². The van der Waals surface area contributed by atoms with Crippen LogP contribution >= 0.6 is 0 Å². The van der Waals surface area contributed by atoms with Crippen molar-refractivity contribution in [3.8, 4) is 5.75 Å². The Morgan fingerprint density at radius 3 is 2.06 bits per heavy atom. The van der Waals surface area contributed by atoms with Gasteiger partial charge in [-0.15, -0.1) is 0 Å².